The first-order valence-corrected chi connectivity index (χ1v) is 16.4. The van der Waals surface area contributed by atoms with Gasteiger partial charge in [0.05, 0.1) is 5.56 Å². The molecule has 0 bridgehead atoms. The van der Waals surface area contributed by atoms with Gasteiger partial charge in [-0.3, -0.25) is 0 Å². The van der Waals surface area contributed by atoms with Crippen molar-refractivity contribution >= 4 is 87.0 Å². The second-order valence-corrected chi connectivity index (χ2v) is 12.7. The van der Waals surface area contributed by atoms with E-state index in [2.05, 4.69) is 158 Å². The third-order valence-electron chi connectivity index (χ3n) is 10.2. The summed E-state index contributed by atoms with van der Waals surface area (Å²) in [4.78, 5) is 0. The third-order valence-corrected chi connectivity index (χ3v) is 10.2. The zero-order valence-corrected chi connectivity index (χ0v) is 25.8. The Kier molecular flexibility index (Phi) is 5.14. The maximum absolute atomic E-state index is 6.99. The summed E-state index contributed by atoms with van der Waals surface area (Å²) in [5, 5.41) is 14.0. The summed E-state index contributed by atoms with van der Waals surface area (Å²) in [5.74, 6) is 0. The first-order valence-electron chi connectivity index (χ1n) is 16.4. The van der Waals surface area contributed by atoms with Gasteiger partial charge in [0.2, 0.25) is 0 Å². The Hall–Kier alpha value is -6.38. The van der Waals surface area contributed by atoms with Crippen LogP contribution in [0, 0.1) is 0 Å². The van der Waals surface area contributed by atoms with Crippen molar-refractivity contribution in [1.29, 1.82) is 0 Å². The van der Waals surface area contributed by atoms with E-state index in [-0.39, 0.29) is 0 Å². The van der Waals surface area contributed by atoms with Gasteiger partial charge >= 0.3 is 0 Å². The van der Waals surface area contributed by atoms with Gasteiger partial charge in [0.1, 0.15) is 22.3 Å². The molecule has 0 fully saturated rings. The lowest BCUT2D eigenvalue weighted by Gasteiger charge is -2.18. The lowest BCUT2D eigenvalue weighted by Crippen LogP contribution is -1.91. The van der Waals surface area contributed by atoms with Gasteiger partial charge in [-0.15, -0.1) is 0 Å². The number of hydrogen-bond donors (Lipinski definition) is 0. The highest BCUT2D eigenvalue weighted by Crippen LogP contribution is 2.51. The van der Waals surface area contributed by atoms with Gasteiger partial charge in [-0.2, -0.15) is 0 Å². The molecule has 222 valence electrons. The molecule has 48 heavy (non-hydrogen) atoms. The van der Waals surface area contributed by atoms with Crippen molar-refractivity contribution in [2.45, 2.75) is 0 Å². The van der Waals surface area contributed by atoms with Gasteiger partial charge in [0, 0.05) is 27.1 Å². The van der Waals surface area contributed by atoms with Crippen LogP contribution in [0.1, 0.15) is 0 Å². The molecule has 2 heterocycles. The van der Waals surface area contributed by atoms with E-state index in [1.807, 2.05) is 0 Å². The van der Waals surface area contributed by atoms with Crippen LogP contribution >= 0.6 is 0 Å². The molecule has 0 N–H and O–H groups in total. The van der Waals surface area contributed by atoms with E-state index < -0.39 is 0 Å². The molecule has 0 amide bonds. The van der Waals surface area contributed by atoms with Crippen LogP contribution in [0.15, 0.2) is 167 Å². The van der Waals surface area contributed by atoms with Gasteiger partial charge in [-0.05, 0) is 72.4 Å². The molecule has 0 spiro atoms. The van der Waals surface area contributed by atoms with E-state index in [1.165, 1.54) is 54.2 Å². The Balaban J connectivity index is 1.43. The summed E-state index contributed by atoms with van der Waals surface area (Å²) in [6, 6.07) is 56.4. The van der Waals surface area contributed by atoms with Crippen LogP contribution in [-0.2, 0) is 0 Å². The molecule has 0 atom stereocenters. The van der Waals surface area contributed by atoms with Crippen molar-refractivity contribution in [3.63, 3.8) is 0 Å². The van der Waals surface area contributed by atoms with Crippen LogP contribution in [-0.4, -0.2) is 0 Å². The van der Waals surface area contributed by atoms with Crippen LogP contribution in [0.4, 0.5) is 0 Å². The molecule has 2 nitrogen and oxygen atoms in total. The largest absolute Gasteiger partial charge is 0.455 e. The van der Waals surface area contributed by atoms with E-state index >= 15 is 0 Å². The standard InChI is InChI=1S/C46H26O2/c1-2-14-29(15-3-1)40-32-18-8-10-20-34(32)43(35-21-11-9-19-33(35)40)44-45-36(41-30-16-6-4-12-27(30)22-24-38(41)47-45)26-37-42-31-17-7-5-13-28(31)23-25-39(42)48-46(37)44/h1-26H. The Morgan fingerprint density at radius 2 is 0.708 bits per heavy atom. The third kappa shape index (κ3) is 3.41. The predicted molar refractivity (Wildman–Crippen MR) is 202 cm³/mol. The number of rotatable bonds is 2. The minimum Gasteiger partial charge on any atom is -0.455 e. The minimum absolute atomic E-state index is 0.847. The first kappa shape index (κ1) is 25.8. The fourth-order valence-corrected chi connectivity index (χ4v) is 8.22. The molecule has 0 unspecified atom stereocenters. The second kappa shape index (κ2) is 9.57. The summed E-state index contributed by atoms with van der Waals surface area (Å²) in [5.41, 5.74) is 8.01. The summed E-state index contributed by atoms with van der Waals surface area (Å²) in [6.45, 7) is 0. The number of hydrogen-bond acceptors (Lipinski definition) is 2. The topological polar surface area (TPSA) is 26.3 Å². The van der Waals surface area contributed by atoms with Gasteiger partial charge < -0.3 is 8.83 Å². The maximum Gasteiger partial charge on any atom is 0.147 e. The average molecular weight is 611 g/mol. The average Bonchev–Trinajstić information content (AvgIpc) is 3.72. The van der Waals surface area contributed by atoms with Gasteiger partial charge in [-0.25, -0.2) is 0 Å². The number of fused-ring (bicyclic) bond motifs is 12. The summed E-state index contributed by atoms with van der Waals surface area (Å²) in [6.07, 6.45) is 0. The fourth-order valence-electron chi connectivity index (χ4n) is 8.22. The smallest absolute Gasteiger partial charge is 0.147 e. The van der Waals surface area contributed by atoms with Crippen molar-refractivity contribution < 1.29 is 8.83 Å². The van der Waals surface area contributed by atoms with E-state index in [0.29, 0.717) is 0 Å². The summed E-state index contributed by atoms with van der Waals surface area (Å²) in [7, 11) is 0. The van der Waals surface area contributed by atoms with Crippen molar-refractivity contribution in [3.8, 4) is 22.3 Å². The zero-order chi connectivity index (χ0) is 31.3. The van der Waals surface area contributed by atoms with Crippen molar-refractivity contribution in [2.24, 2.45) is 0 Å². The molecule has 11 rings (SSSR count). The Labute approximate surface area is 275 Å². The quantitative estimate of drug-likeness (QED) is 0.182. The second-order valence-electron chi connectivity index (χ2n) is 12.7. The van der Waals surface area contributed by atoms with Crippen LogP contribution < -0.4 is 0 Å². The van der Waals surface area contributed by atoms with Crippen LogP contribution in [0.5, 0.6) is 0 Å². The Morgan fingerprint density at radius 3 is 1.21 bits per heavy atom. The molecule has 0 aliphatic rings. The van der Waals surface area contributed by atoms with Gasteiger partial charge in [-0.1, -0.05) is 140 Å². The summed E-state index contributed by atoms with van der Waals surface area (Å²) >= 11 is 0. The molecular formula is C46H26O2. The van der Waals surface area contributed by atoms with Crippen molar-refractivity contribution in [3.05, 3.63) is 158 Å². The SMILES string of the molecule is c1ccc(-c2c3ccccc3c(-c3c4oc5ccc6ccccc6c5c4cc4c3oc3ccc5ccccc5c34)c3ccccc23)cc1. The molecule has 0 aliphatic carbocycles. The van der Waals surface area contributed by atoms with Gasteiger partial charge in [0.25, 0.3) is 0 Å². The van der Waals surface area contributed by atoms with Gasteiger partial charge in [0.15, 0.2) is 0 Å². The van der Waals surface area contributed by atoms with Crippen LogP contribution in [0.25, 0.3) is 109 Å². The molecule has 0 aliphatic heterocycles. The molecule has 11 aromatic rings. The lowest BCUT2D eigenvalue weighted by molar-refractivity contribution is 0.658. The minimum atomic E-state index is 0.847. The molecule has 0 saturated carbocycles. The van der Waals surface area contributed by atoms with Crippen molar-refractivity contribution in [2.75, 3.05) is 0 Å². The Bertz CT molecular complexity index is 2920. The molecule has 0 radical (unpaired) electrons. The van der Waals surface area contributed by atoms with E-state index in [4.69, 9.17) is 8.83 Å². The molecule has 0 saturated heterocycles. The highest BCUT2D eigenvalue weighted by Gasteiger charge is 2.26. The molecular weight excluding hydrogens is 585 g/mol. The molecule has 2 heteroatoms. The van der Waals surface area contributed by atoms with E-state index in [0.717, 1.165) is 55.0 Å². The predicted octanol–water partition coefficient (Wildman–Crippen LogP) is 13.4. The lowest BCUT2D eigenvalue weighted by atomic mass is 9.85. The molecule has 9 aromatic carbocycles. The highest BCUT2D eigenvalue weighted by atomic mass is 16.3. The highest BCUT2D eigenvalue weighted by molar-refractivity contribution is 6.33. The van der Waals surface area contributed by atoms with Crippen LogP contribution in [0.2, 0.25) is 0 Å². The number of benzene rings is 9. The van der Waals surface area contributed by atoms with Crippen molar-refractivity contribution in [1.82, 2.24) is 0 Å². The monoisotopic (exact) mass is 610 g/mol. The first-order chi connectivity index (χ1) is 23.8. The van der Waals surface area contributed by atoms with E-state index in [9.17, 15) is 0 Å². The summed E-state index contributed by atoms with van der Waals surface area (Å²) < 4.78 is 14.0. The number of furan rings is 2. The maximum atomic E-state index is 6.99. The van der Waals surface area contributed by atoms with Crippen LogP contribution in [0.3, 0.4) is 0 Å². The molecule has 2 aromatic heterocycles. The zero-order valence-electron chi connectivity index (χ0n) is 25.8. The Morgan fingerprint density at radius 1 is 0.292 bits per heavy atom. The van der Waals surface area contributed by atoms with E-state index in [1.54, 1.807) is 0 Å². The normalized spacial score (nSPS) is 12.2. The fraction of sp³-hybridized carbons (Fsp3) is 0.